The van der Waals surface area contributed by atoms with E-state index in [2.05, 4.69) is 11.0 Å². The molecule has 2 aliphatic rings. The first-order chi connectivity index (χ1) is 16.0. The molecule has 6 heteroatoms. The van der Waals surface area contributed by atoms with E-state index in [1.54, 1.807) is 25.3 Å². The second-order valence-electron chi connectivity index (χ2n) is 8.26. The minimum atomic E-state index is -0.361. The molecule has 3 aromatic carbocycles. The van der Waals surface area contributed by atoms with Gasteiger partial charge in [0.25, 0.3) is 0 Å². The zero-order valence-electron chi connectivity index (χ0n) is 18.6. The van der Waals surface area contributed by atoms with Gasteiger partial charge in [0.15, 0.2) is 5.76 Å². The second-order valence-corrected chi connectivity index (χ2v) is 8.26. The van der Waals surface area contributed by atoms with Crippen LogP contribution in [0.2, 0.25) is 0 Å². The van der Waals surface area contributed by atoms with Crippen molar-refractivity contribution in [2.24, 2.45) is 0 Å². The van der Waals surface area contributed by atoms with E-state index in [9.17, 15) is 9.18 Å². The Morgan fingerprint density at radius 3 is 2.82 bits per heavy atom. The van der Waals surface area contributed by atoms with Gasteiger partial charge < -0.3 is 14.2 Å². The Kier molecular flexibility index (Phi) is 5.60. The molecule has 0 atom stereocenters. The lowest BCUT2D eigenvalue weighted by molar-refractivity contribution is 0.0947. The Bertz CT molecular complexity index is 1270. The summed E-state index contributed by atoms with van der Waals surface area (Å²) in [7, 11) is 1.67. The molecule has 0 aliphatic carbocycles. The quantitative estimate of drug-likeness (QED) is 0.508. The summed E-state index contributed by atoms with van der Waals surface area (Å²) in [5.41, 5.74) is 3.92. The van der Waals surface area contributed by atoms with Crippen LogP contribution < -0.4 is 14.2 Å². The standard InChI is InChI=1S/C27H24FNO4/c1-17-12-23-21(15-29(16-32-23)11-10-19-7-3-4-9-22(19)31-2)27-25(17)26(30)24(33-27)14-18-6-5-8-20(28)13-18/h3-9,12-14H,10-11,15-16H2,1-2H3/b24-14-. The smallest absolute Gasteiger partial charge is 0.232 e. The van der Waals surface area contributed by atoms with Gasteiger partial charge in [-0.2, -0.15) is 0 Å². The van der Waals surface area contributed by atoms with Crippen LogP contribution >= 0.6 is 0 Å². The predicted octanol–water partition coefficient (Wildman–Crippen LogP) is 5.15. The maximum absolute atomic E-state index is 13.6. The molecule has 168 valence electrons. The highest BCUT2D eigenvalue weighted by atomic mass is 19.1. The van der Waals surface area contributed by atoms with Crippen LogP contribution in [0.4, 0.5) is 4.39 Å². The molecule has 0 radical (unpaired) electrons. The number of benzene rings is 3. The van der Waals surface area contributed by atoms with E-state index in [-0.39, 0.29) is 17.4 Å². The van der Waals surface area contributed by atoms with Gasteiger partial charge >= 0.3 is 0 Å². The number of carbonyl (C=O) groups is 1. The van der Waals surface area contributed by atoms with Crippen LogP contribution in [0.5, 0.6) is 17.2 Å². The van der Waals surface area contributed by atoms with E-state index in [1.807, 2.05) is 31.2 Å². The van der Waals surface area contributed by atoms with Gasteiger partial charge in [-0.25, -0.2) is 4.39 Å². The largest absolute Gasteiger partial charge is 0.496 e. The normalized spacial score (nSPS) is 16.2. The van der Waals surface area contributed by atoms with Gasteiger partial charge in [0.1, 0.15) is 29.8 Å². The first-order valence-corrected chi connectivity index (χ1v) is 10.9. The number of allylic oxidation sites excluding steroid dienone is 1. The number of ether oxygens (including phenoxy) is 3. The van der Waals surface area contributed by atoms with Crippen LogP contribution in [0.25, 0.3) is 6.08 Å². The van der Waals surface area contributed by atoms with Crippen LogP contribution in [-0.2, 0) is 13.0 Å². The molecule has 0 spiro atoms. The Hall–Kier alpha value is -3.64. The van der Waals surface area contributed by atoms with Crippen molar-refractivity contribution >= 4 is 11.9 Å². The summed E-state index contributed by atoms with van der Waals surface area (Å²) in [5, 5.41) is 0. The molecule has 2 heterocycles. The summed E-state index contributed by atoms with van der Waals surface area (Å²) < 4.78 is 31.1. The zero-order valence-corrected chi connectivity index (χ0v) is 18.6. The van der Waals surface area contributed by atoms with Gasteiger partial charge in [0, 0.05) is 13.1 Å². The molecule has 0 amide bonds. The third-order valence-corrected chi connectivity index (χ3v) is 6.02. The van der Waals surface area contributed by atoms with Crippen molar-refractivity contribution in [1.82, 2.24) is 4.90 Å². The minimum Gasteiger partial charge on any atom is -0.496 e. The van der Waals surface area contributed by atoms with Gasteiger partial charge in [-0.1, -0.05) is 30.3 Å². The number of aryl methyl sites for hydroxylation is 1. The van der Waals surface area contributed by atoms with Gasteiger partial charge in [0.05, 0.1) is 18.2 Å². The molecule has 0 N–H and O–H groups in total. The number of hydrogen-bond acceptors (Lipinski definition) is 5. The third-order valence-electron chi connectivity index (χ3n) is 6.02. The number of Topliss-reactive ketones (excluding diaryl/α,β-unsaturated/α-hetero) is 1. The topological polar surface area (TPSA) is 48.0 Å². The number of para-hydroxylation sites is 1. The Balaban J connectivity index is 1.40. The van der Waals surface area contributed by atoms with Crippen molar-refractivity contribution in [2.75, 3.05) is 20.4 Å². The van der Waals surface area contributed by atoms with E-state index >= 15 is 0 Å². The fourth-order valence-electron chi connectivity index (χ4n) is 4.36. The number of methoxy groups -OCH3 is 1. The SMILES string of the molecule is COc1ccccc1CCN1COc2cc(C)c3c(c2C1)O/C(=C\c1cccc(F)c1)C3=O. The number of halogens is 1. The Morgan fingerprint density at radius 1 is 1.15 bits per heavy atom. The van der Waals surface area contributed by atoms with E-state index in [0.29, 0.717) is 30.2 Å². The van der Waals surface area contributed by atoms with Gasteiger partial charge in [0.2, 0.25) is 5.78 Å². The molecule has 33 heavy (non-hydrogen) atoms. The molecule has 5 rings (SSSR count). The molecular formula is C27H24FNO4. The van der Waals surface area contributed by atoms with Crippen molar-refractivity contribution in [3.63, 3.8) is 0 Å². The number of carbonyl (C=O) groups excluding carboxylic acids is 1. The van der Waals surface area contributed by atoms with Crippen LogP contribution in [0, 0.1) is 12.7 Å². The van der Waals surface area contributed by atoms with Gasteiger partial charge in [-0.15, -0.1) is 0 Å². The van der Waals surface area contributed by atoms with Crippen LogP contribution in [0.15, 0.2) is 60.4 Å². The lowest BCUT2D eigenvalue weighted by Crippen LogP contribution is -2.34. The summed E-state index contributed by atoms with van der Waals surface area (Å²) in [4.78, 5) is 15.3. The first kappa shape index (κ1) is 21.2. The van der Waals surface area contributed by atoms with E-state index < -0.39 is 0 Å². The maximum atomic E-state index is 13.6. The number of hydrogen-bond donors (Lipinski definition) is 0. The zero-order chi connectivity index (χ0) is 22.9. The molecule has 0 fully saturated rings. The molecule has 0 saturated heterocycles. The van der Waals surface area contributed by atoms with Gasteiger partial charge in [-0.3, -0.25) is 9.69 Å². The predicted molar refractivity (Wildman–Crippen MR) is 123 cm³/mol. The van der Waals surface area contributed by atoms with Crippen molar-refractivity contribution in [3.8, 4) is 17.2 Å². The number of rotatable bonds is 5. The van der Waals surface area contributed by atoms with Crippen molar-refractivity contribution in [3.05, 3.63) is 94.0 Å². The number of nitrogens with zero attached hydrogens (tertiary/aromatic N) is 1. The van der Waals surface area contributed by atoms with E-state index in [1.165, 1.54) is 12.1 Å². The molecule has 5 nitrogen and oxygen atoms in total. The molecule has 2 aliphatic heterocycles. The highest BCUT2D eigenvalue weighted by Gasteiger charge is 2.35. The summed E-state index contributed by atoms with van der Waals surface area (Å²) >= 11 is 0. The lowest BCUT2D eigenvalue weighted by atomic mass is 9.98. The highest BCUT2D eigenvalue weighted by molar-refractivity contribution is 6.15. The molecule has 0 unspecified atom stereocenters. The van der Waals surface area contributed by atoms with Crippen LogP contribution in [-0.4, -0.2) is 31.1 Å². The minimum absolute atomic E-state index is 0.193. The van der Waals surface area contributed by atoms with Crippen molar-refractivity contribution in [1.29, 1.82) is 0 Å². The monoisotopic (exact) mass is 445 g/mol. The Morgan fingerprint density at radius 2 is 2.00 bits per heavy atom. The summed E-state index contributed by atoms with van der Waals surface area (Å²) in [6.07, 6.45) is 2.39. The maximum Gasteiger partial charge on any atom is 0.232 e. The van der Waals surface area contributed by atoms with Crippen molar-refractivity contribution < 1.29 is 23.4 Å². The summed E-state index contributed by atoms with van der Waals surface area (Å²) in [5.74, 6) is 1.78. The molecular weight excluding hydrogens is 421 g/mol. The summed E-state index contributed by atoms with van der Waals surface area (Å²) in [6.45, 7) is 3.71. The number of ketones is 1. The van der Waals surface area contributed by atoms with Crippen molar-refractivity contribution in [2.45, 2.75) is 19.9 Å². The summed E-state index contributed by atoms with van der Waals surface area (Å²) in [6, 6.07) is 16.0. The average molecular weight is 445 g/mol. The highest BCUT2D eigenvalue weighted by Crippen LogP contribution is 2.44. The van der Waals surface area contributed by atoms with Gasteiger partial charge in [-0.05, 0) is 60.4 Å². The Labute approximate surface area is 192 Å². The first-order valence-electron chi connectivity index (χ1n) is 10.9. The number of fused-ring (bicyclic) bond motifs is 3. The third kappa shape index (κ3) is 4.10. The molecule has 0 bridgehead atoms. The van der Waals surface area contributed by atoms with E-state index in [0.717, 1.165) is 41.2 Å². The molecule has 0 saturated carbocycles. The fourth-order valence-corrected chi connectivity index (χ4v) is 4.36. The van der Waals surface area contributed by atoms with E-state index in [4.69, 9.17) is 14.2 Å². The van der Waals surface area contributed by atoms with Crippen LogP contribution in [0.3, 0.4) is 0 Å². The van der Waals surface area contributed by atoms with Crippen LogP contribution in [0.1, 0.15) is 32.6 Å². The average Bonchev–Trinajstić information content (AvgIpc) is 3.15. The second kappa shape index (κ2) is 8.71. The molecule has 0 aromatic heterocycles. The lowest BCUT2D eigenvalue weighted by Gasteiger charge is -2.30. The fraction of sp³-hybridized carbons (Fsp3) is 0.222. The molecule has 3 aromatic rings.